The van der Waals surface area contributed by atoms with Crippen LogP contribution in [0.25, 0.3) is 0 Å². The number of halogens is 2. The number of ether oxygens (including phenoxy) is 1. The second-order valence-electron chi connectivity index (χ2n) is 3.86. The molecule has 0 atom stereocenters. The number of hydrogen-bond acceptors (Lipinski definition) is 5. The molecule has 0 aliphatic carbocycles. The van der Waals surface area contributed by atoms with Gasteiger partial charge in [-0.2, -0.15) is 0 Å². The van der Waals surface area contributed by atoms with Gasteiger partial charge in [0.1, 0.15) is 4.60 Å². The molecule has 0 saturated carbocycles. The molecule has 0 unspecified atom stereocenters. The van der Waals surface area contributed by atoms with E-state index in [1.54, 1.807) is 6.92 Å². The van der Waals surface area contributed by atoms with E-state index in [9.17, 15) is 8.42 Å². The minimum absolute atomic E-state index is 0.00234. The van der Waals surface area contributed by atoms with Crippen LogP contribution in [-0.2, 0) is 10.0 Å². The highest BCUT2D eigenvalue weighted by Crippen LogP contribution is 2.27. The lowest BCUT2D eigenvalue weighted by Crippen LogP contribution is -2.15. The summed E-state index contributed by atoms with van der Waals surface area (Å²) in [5.74, 6) is 0.00234. The molecule has 112 valence electrons. The highest BCUT2D eigenvalue weighted by molar-refractivity contribution is 9.10. The van der Waals surface area contributed by atoms with Crippen LogP contribution >= 0.6 is 27.5 Å². The molecule has 2 aromatic heterocycles. The molecule has 9 heteroatoms. The first-order chi connectivity index (χ1) is 9.92. The Bertz CT molecular complexity index is 755. The Hall–Kier alpha value is -1.38. The zero-order valence-electron chi connectivity index (χ0n) is 10.9. The molecule has 0 fully saturated rings. The molecule has 2 aromatic rings. The van der Waals surface area contributed by atoms with Crippen molar-refractivity contribution in [2.24, 2.45) is 0 Å². The van der Waals surface area contributed by atoms with E-state index in [-0.39, 0.29) is 22.4 Å². The third kappa shape index (κ3) is 4.05. The maximum absolute atomic E-state index is 12.4. The van der Waals surface area contributed by atoms with Crippen molar-refractivity contribution in [1.82, 2.24) is 9.97 Å². The van der Waals surface area contributed by atoms with Crippen LogP contribution in [0.2, 0.25) is 5.02 Å². The lowest BCUT2D eigenvalue weighted by molar-refractivity contribution is 0.317. The van der Waals surface area contributed by atoms with E-state index in [1.165, 1.54) is 30.6 Å². The molecule has 0 bridgehead atoms. The molecule has 1 N–H and O–H groups in total. The molecule has 0 amide bonds. The maximum atomic E-state index is 12.4. The third-order valence-electron chi connectivity index (χ3n) is 2.33. The van der Waals surface area contributed by atoms with Crippen LogP contribution in [-0.4, -0.2) is 25.0 Å². The SMILES string of the molecule is CCOc1ncc(Cl)cc1S(=O)(=O)Nc1ccnc(Br)c1. The van der Waals surface area contributed by atoms with Gasteiger partial charge in [-0.15, -0.1) is 0 Å². The molecule has 0 radical (unpaired) electrons. The highest BCUT2D eigenvalue weighted by Gasteiger charge is 2.22. The molecule has 0 spiro atoms. The Morgan fingerprint density at radius 2 is 2.14 bits per heavy atom. The van der Waals surface area contributed by atoms with Gasteiger partial charge in [0.25, 0.3) is 10.0 Å². The Labute approximate surface area is 135 Å². The quantitative estimate of drug-likeness (QED) is 0.791. The zero-order valence-corrected chi connectivity index (χ0v) is 14.0. The number of hydrogen-bond donors (Lipinski definition) is 1. The van der Waals surface area contributed by atoms with Crippen molar-refractivity contribution in [3.8, 4) is 5.88 Å². The molecular weight excluding hydrogens is 382 g/mol. The first-order valence-corrected chi connectivity index (χ1v) is 8.50. The van der Waals surface area contributed by atoms with E-state index in [4.69, 9.17) is 16.3 Å². The van der Waals surface area contributed by atoms with Crippen molar-refractivity contribution < 1.29 is 13.2 Å². The maximum Gasteiger partial charge on any atom is 0.267 e. The molecule has 0 saturated heterocycles. The number of aromatic nitrogens is 2. The Morgan fingerprint density at radius 1 is 1.38 bits per heavy atom. The summed E-state index contributed by atoms with van der Waals surface area (Å²) >= 11 is 9.00. The normalized spacial score (nSPS) is 11.2. The minimum atomic E-state index is -3.88. The predicted octanol–water partition coefficient (Wildman–Crippen LogP) is 3.09. The summed E-state index contributed by atoms with van der Waals surface area (Å²) in [6.45, 7) is 2.03. The predicted molar refractivity (Wildman–Crippen MR) is 83.2 cm³/mol. The van der Waals surface area contributed by atoms with Crippen LogP contribution in [0, 0.1) is 0 Å². The summed E-state index contributed by atoms with van der Waals surface area (Å²) in [7, 11) is -3.88. The molecule has 6 nitrogen and oxygen atoms in total. The Kier molecular flexibility index (Phi) is 5.02. The average Bonchev–Trinajstić information content (AvgIpc) is 2.40. The average molecular weight is 393 g/mol. The Balaban J connectivity index is 2.41. The summed E-state index contributed by atoms with van der Waals surface area (Å²) in [6.07, 6.45) is 2.80. The first kappa shape index (κ1) is 16.0. The fourth-order valence-electron chi connectivity index (χ4n) is 1.52. The van der Waals surface area contributed by atoms with Gasteiger partial charge in [-0.3, -0.25) is 4.72 Å². The number of sulfonamides is 1. The van der Waals surface area contributed by atoms with Crippen LogP contribution in [0.4, 0.5) is 5.69 Å². The molecule has 0 aliphatic heterocycles. The molecule has 2 rings (SSSR count). The van der Waals surface area contributed by atoms with Gasteiger partial charge in [0.05, 0.1) is 17.3 Å². The van der Waals surface area contributed by atoms with Gasteiger partial charge in [-0.25, -0.2) is 18.4 Å². The van der Waals surface area contributed by atoms with E-state index in [2.05, 4.69) is 30.6 Å². The fourth-order valence-corrected chi connectivity index (χ4v) is 3.28. The van der Waals surface area contributed by atoms with Gasteiger partial charge in [0.15, 0.2) is 4.90 Å². The number of nitrogens with one attached hydrogen (secondary N) is 1. The van der Waals surface area contributed by atoms with Crippen LogP contribution in [0.15, 0.2) is 40.1 Å². The van der Waals surface area contributed by atoms with E-state index in [1.807, 2.05) is 0 Å². The van der Waals surface area contributed by atoms with Gasteiger partial charge in [0, 0.05) is 12.4 Å². The number of pyridine rings is 2. The molecule has 2 heterocycles. The van der Waals surface area contributed by atoms with Crippen LogP contribution < -0.4 is 9.46 Å². The summed E-state index contributed by atoms with van der Waals surface area (Å²) in [6, 6.07) is 4.36. The monoisotopic (exact) mass is 391 g/mol. The molecule has 0 aliphatic rings. The van der Waals surface area contributed by atoms with Crippen LogP contribution in [0.5, 0.6) is 5.88 Å². The summed E-state index contributed by atoms with van der Waals surface area (Å²) in [5.41, 5.74) is 0.360. The van der Waals surface area contributed by atoms with Gasteiger partial charge in [0.2, 0.25) is 5.88 Å². The van der Waals surface area contributed by atoms with Crippen molar-refractivity contribution in [3.05, 3.63) is 40.2 Å². The van der Waals surface area contributed by atoms with Crippen molar-refractivity contribution in [2.75, 3.05) is 11.3 Å². The van der Waals surface area contributed by atoms with Crippen molar-refractivity contribution in [1.29, 1.82) is 0 Å². The third-order valence-corrected chi connectivity index (χ3v) is 4.35. The van der Waals surface area contributed by atoms with E-state index >= 15 is 0 Å². The van der Waals surface area contributed by atoms with Gasteiger partial charge >= 0.3 is 0 Å². The topological polar surface area (TPSA) is 81.2 Å². The molecular formula is C12H11BrClN3O3S. The highest BCUT2D eigenvalue weighted by atomic mass is 79.9. The van der Waals surface area contributed by atoms with Crippen molar-refractivity contribution in [2.45, 2.75) is 11.8 Å². The summed E-state index contributed by atoms with van der Waals surface area (Å²) in [4.78, 5) is 7.71. The number of rotatable bonds is 5. The lowest BCUT2D eigenvalue weighted by atomic mass is 10.4. The fraction of sp³-hybridized carbons (Fsp3) is 0.167. The summed E-state index contributed by atoms with van der Waals surface area (Å²) < 4.78 is 33.0. The lowest BCUT2D eigenvalue weighted by Gasteiger charge is -2.12. The summed E-state index contributed by atoms with van der Waals surface area (Å²) in [5, 5.41) is 0.203. The van der Waals surface area contributed by atoms with Gasteiger partial charge in [-0.1, -0.05) is 11.6 Å². The van der Waals surface area contributed by atoms with Crippen LogP contribution in [0.1, 0.15) is 6.92 Å². The standard InChI is InChI=1S/C12H11BrClN3O3S/c1-2-20-12-10(5-8(14)7-16-12)21(18,19)17-9-3-4-15-11(13)6-9/h3-7H,2H2,1H3,(H,15,17). The molecule has 0 aromatic carbocycles. The molecule has 21 heavy (non-hydrogen) atoms. The smallest absolute Gasteiger partial charge is 0.267 e. The Morgan fingerprint density at radius 3 is 2.81 bits per heavy atom. The van der Waals surface area contributed by atoms with E-state index in [0.717, 1.165) is 0 Å². The first-order valence-electron chi connectivity index (χ1n) is 5.85. The van der Waals surface area contributed by atoms with Crippen molar-refractivity contribution in [3.63, 3.8) is 0 Å². The second-order valence-corrected chi connectivity index (χ2v) is 6.76. The number of nitrogens with zero attached hydrogens (tertiary/aromatic N) is 2. The van der Waals surface area contributed by atoms with E-state index in [0.29, 0.717) is 10.3 Å². The zero-order chi connectivity index (χ0) is 15.5. The largest absolute Gasteiger partial charge is 0.477 e. The second kappa shape index (κ2) is 6.59. The van der Waals surface area contributed by atoms with Gasteiger partial charge < -0.3 is 4.74 Å². The van der Waals surface area contributed by atoms with E-state index < -0.39 is 10.0 Å². The van der Waals surface area contributed by atoms with Gasteiger partial charge in [-0.05, 0) is 41.1 Å². The minimum Gasteiger partial charge on any atom is -0.477 e. The van der Waals surface area contributed by atoms with Crippen molar-refractivity contribution >= 4 is 43.2 Å². The number of anilines is 1. The van der Waals surface area contributed by atoms with Crippen LogP contribution in [0.3, 0.4) is 0 Å².